The molecule has 4 heteroatoms. The van der Waals surface area contributed by atoms with E-state index in [2.05, 4.69) is 0 Å². The Kier molecular flexibility index (Phi) is 4.07. The van der Waals surface area contributed by atoms with Gasteiger partial charge in [0.25, 0.3) is 5.91 Å². The van der Waals surface area contributed by atoms with Crippen molar-refractivity contribution in [3.05, 3.63) is 23.2 Å². The molecule has 0 saturated heterocycles. The Balaban J connectivity index is 2.16. The first-order valence-corrected chi connectivity index (χ1v) is 6.58. The van der Waals surface area contributed by atoms with Gasteiger partial charge in [-0.15, -0.1) is 0 Å². The minimum atomic E-state index is -0.0845. The lowest BCUT2D eigenvalue weighted by atomic mass is 9.95. The van der Waals surface area contributed by atoms with Crippen molar-refractivity contribution >= 4 is 5.91 Å². The molecule has 0 bridgehead atoms. The molecule has 0 atom stereocenters. The van der Waals surface area contributed by atoms with Crippen LogP contribution in [0.1, 0.15) is 54.0 Å². The predicted molar refractivity (Wildman–Crippen MR) is 68.2 cm³/mol. The maximum atomic E-state index is 12.5. The fourth-order valence-electron chi connectivity index (χ4n) is 2.68. The highest BCUT2D eigenvalue weighted by molar-refractivity contribution is 5.94. The van der Waals surface area contributed by atoms with Crippen LogP contribution in [-0.2, 0) is 4.84 Å². The standard InChI is InChI=1S/C14H21NO3/c1-10-9-13(11(2)18-10)14(16)15(17-3)12-7-5-4-6-8-12/h9,12H,4-8H2,1-3H3. The lowest BCUT2D eigenvalue weighted by molar-refractivity contribution is -0.129. The molecule has 1 aliphatic carbocycles. The highest BCUT2D eigenvalue weighted by atomic mass is 16.7. The number of nitrogens with zero attached hydrogens (tertiary/aromatic N) is 1. The molecule has 1 saturated carbocycles. The van der Waals surface area contributed by atoms with E-state index >= 15 is 0 Å². The van der Waals surface area contributed by atoms with Crippen molar-refractivity contribution in [1.82, 2.24) is 5.06 Å². The molecular weight excluding hydrogens is 230 g/mol. The molecule has 0 aromatic carbocycles. The first-order valence-electron chi connectivity index (χ1n) is 6.58. The number of rotatable bonds is 3. The van der Waals surface area contributed by atoms with Gasteiger partial charge in [-0.25, -0.2) is 5.06 Å². The highest BCUT2D eigenvalue weighted by Gasteiger charge is 2.28. The van der Waals surface area contributed by atoms with Crippen LogP contribution in [-0.4, -0.2) is 24.1 Å². The number of hydrogen-bond donors (Lipinski definition) is 0. The number of aryl methyl sites for hydroxylation is 2. The Labute approximate surface area is 108 Å². The maximum absolute atomic E-state index is 12.5. The van der Waals surface area contributed by atoms with Gasteiger partial charge in [-0.2, -0.15) is 0 Å². The molecule has 0 radical (unpaired) electrons. The van der Waals surface area contributed by atoms with Crippen LogP contribution in [0.4, 0.5) is 0 Å². The van der Waals surface area contributed by atoms with Crippen LogP contribution >= 0.6 is 0 Å². The third kappa shape index (κ3) is 2.58. The SMILES string of the molecule is CON(C(=O)c1cc(C)oc1C)C1CCCCC1. The largest absolute Gasteiger partial charge is 0.466 e. The van der Waals surface area contributed by atoms with E-state index in [0.717, 1.165) is 18.6 Å². The zero-order valence-electron chi connectivity index (χ0n) is 11.4. The first kappa shape index (κ1) is 13.1. The third-order valence-electron chi connectivity index (χ3n) is 3.57. The van der Waals surface area contributed by atoms with Crippen LogP contribution in [0.15, 0.2) is 10.5 Å². The molecule has 1 fully saturated rings. The van der Waals surface area contributed by atoms with Crippen LogP contribution in [0.2, 0.25) is 0 Å². The Morgan fingerprint density at radius 1 is 1.33 bits per heavy atom. The van der Waals surface area contributed by atoms with Crippen molar-refractivity contribution in [2.45, 2.75) is 52.0 Å². The molecule has 1 aromatic rings. The Morgan fingerprint density at radius 2 is 2.00 bits per heavy atom. The van der Waals surface area contributed by atoms with Gasteiger partial charge in [0.1, 0.15) is 11.5 Å². The van der Waals surface area contributed by atoms with Crippen LogP contribution in [0.3, 0.4) is 0 Å². The fraction of sp³-hybridized carbons (Fsp3) is 0.643. The second kappa shape index (κ2) is 5.57. The normalized spacial score (nSPS) is 16.8. The quantitative estimate of drug-likeness (QED) is 0.774. The van der Waals surface area contributed by atoms with Crippen molar-refractivity contribution in [3.63, 3.8) is 0 Å². The van der Waals surface area contributed by atoms with Crippen molar-refractivity contribution < 1.29 is 14.0 Å². The second-order valence-corrected chi connectivity index (χ2v) is 4.93. The lowest BCUT2D eigenvalue weighted by Crippen LogP contribution is -2.40. The summed E-state index contributed by atoms with van der Waals surface area (Å²) in [4.78, 5) is 17.8. The first-order chi connectivity index (χ1) is 8.63. The second-order valence-electron chi connectivity index (χ2n) is 4.93. The van der Waals surface area contributed by atoms with Crippen molar-refractivity contribution in [2.75, 3.05) is 7.11 Å². The predicted octanol–water partition coefficient (Wildman–Crippen LogP) is 3.23. The maximum Gasteiger partial charge on any atom is 0.281 e. The van der Waals surface area contributed by atoms with Gasteiger partial charge >= 0.3 is 0 Å². The van der Waals surface area contributed by atoms with Gasteiger partial charge in [0.15, 0.2) is 0 Å². The van der Waals surface area contributed by atoms with Gasteiger partial charge in [0.2, 0.25) is 0 Å². The number of hydrogen-bond acceptors (Lipinski definition) is 3. The molecule has 18 heavy (non-hydrogen) atoms. The molecule has 2 rings (SSSR count). The zero-order valence-corrected chi connectivity index (χ0v) is 11.4. The molecule has 1 aliphatic rings. The van der Waals surface area contributed by atoms with Crippen molar-refractivity contribution in [1.29, 1.82) is 0 Å². The summed E-state index contributed by atoms with van der Waals surface area (Å²) < 4.78 is 5.41. The molecule has 0 unspecified atom stereocenters. The van der Waals surface area contributed by atoms with Crippen LogP contribution in [0.5, 0.6) is 0 Å². The molecular formula is C14H21NO3. The number of carbonyl (C=O) groups is 1. The Hall–Kier alpha value is -1.29. The summed E-state index contributed by atoms with van der Waals surface area (Å²) in [5.74, 6) is 1.34. The molecule has 100 valence electrons. The Bertz CT molecular complexity index is 419. The third-order valence-corrected chi connectivity index (χ3v) is 3.57. The van der Waals surface area contributed by atoms with Crippen LogP contribution in [0.25, 0.3) is 0 Å². The van der Waals surface area contributed by atoms with Gasteiger partial charge in [-0.3, -0.25) is 9.63 Å². The monoisotopic (exact) mass is 251 g/mol. The van der Waals surface area contributed by atoms with E-state index in [-0.39, 0.29) is 11.9 Å². The number of hydroxylamine groups is 2. The van der Waals surface area contributed by atoms with E-state index in [1.54, 1.807) is 13.2 Å². The van der Waals surface area contributed by atoms with Gasteiger partial charge in [-0.05, 0) is 32.8 Å². The molecule has 0 N–H and O–H groups in total. The smallest absolute Gasteiger partial charge is 0.281 e. The summed E-state index contributed by atoms with van der Waals surface area (Å²) in [6.45, 7) is 3.66. The average molecular weight is 251 g/mol. The molecule has 4 nitrogen and oxygen atoms in total. The van der Waals surface area contributed by atoms with E-state index in [1.165, 1.54) is 24.3 Å². The van der Waals surface area contributed by atoms with Crippen molar-refractivity contribution in [2.24, 2.45) is 0 Å². The number of furan rings is 1. The fourth-order valence-corrected chi connectivity index (χ4v) is 2.68. The van der Waals surface area contributed by atoms with Crippen molar-refractivity contribution in [3.8, 4) is 0 Å². The lowest BCUT2D eigenvalue weighted by Gasteiger charge is -2.31. The highest BCUT2D eigenvalue weighted by Crippen LogP contribution is 2.25. The number of carbonyl (C=O) groups excluding carboxylic acids is 1. The summed E-state index contributed by atoms with van der Waals surface area (Å²) in [5, 5.41) is 1.52. The van der Waals surface area contributed by atoms with Gasteiger partial charge in [-0.1, -0.05) is 19.3 Å². The minimum Gasteiger partial charge on any atom is -0.466 e. The zero-order chi connectivity index (χ0) is 13.1. The molecule has 1 amide bonds. The number of amides is 1. The summed E-state index contributed by atoms with van der Waals surface area (Å²) in [6, 6.07) is 1.98. The Morgan fingerprint density at radius 3 is 2.50 bits per heavy atom. The average Bonchev–Trinajstić information content (AvgIpc) is 2.70. The summed E-state index contributed by atoms with van der Waals surface area (Å²) in [6.07, 6.45) is 5.64. The summed E-state index contributed by atoms with van der Waals surface area (Å²) in [5.41, 5.74) is 0.611. The van der Waals surface area contributed by atoms with E-state index in [1.807, 2.05) is 13.8 Å². The summed E-state index contributed by atoms with van der Waals surface area (Å²) >= 11 is 0. The molecule has 0 spiro atoms. The van der Waals surface area contributed by atoms with Gasteiger partial charge < -0.3 is 4.42 Å². The molecule has 1 heterocycles. The van der Waals surface area contributed by atoms with Crippen LogP contribution < -0.4 is 0 Å². The molecule has 1 aromatic heterocycles. The van der Waals surface area contributed by atoms with E-state index in [4.69, 9.17) is 9.25 Å². The van der Waals surface area contributed by atoms with E-state index in [9.17, 15) is 4.79 Å². The van der Waals surface area contributed by atoms with E-state index < -0.39 is 0 Å². The van der Waals surface area contributed by atoms with E-state index in [0.29, 0.717) is 11.3 Å². The summed E-state index contributed by atoms with van der Waals surface area (Å²) in [7, 11) is 1.56. The topological polar surface area (TPSA) is 42.7 Å². The van der Waals surface area contributed by atoms with Gasteiger partial charge in [0, 0.05) is 0 Å². The van der Waals surface area contributed by atoms with Gasteiger partial charge in [0.05, 0.1) is 18.7 Å². The van der Waals surface area contributed by atoms with Crippen LogP contribution in [0, 0.1) is 13.8 Å². The molecule has 0 aliphatic heterocycles. The minimum absolute atomic E-state index is 0.0845.